The van der Waals surface area contributed by atoms with Crippen LogP contribution in [0.2, 0.25) is 0 Å². The molecule has 5 nitrogen and oxygen atoms in total. The van der Waals surface area contributed by atoms with Gasteiger partial charge in [0.25, 0.3) is 5.91 Å². The van der Waals surface area contributed by atoms with Gasteiger partial charge in [-0.1, -0.05) is 12.1 Å². The molecule has 1 aromatic rings. The number of hydrogen-bond donors (Lipinski definition) is 2. The zero-order chi connectivity index (χ0) is 17.4. The van der Waals surface area contributed by atoms with E-state index in [-0.39, 0.29) is 11.8 Å². The Labute approximate surface area is 147 Å². The first kappa shape index (κ1) is 18.8. The smallest absolute Gasteiger partial charge is 0.253 e. The minimum atomic E-state index is -0.961. The Bertz CT molecular complexity index is 542. The van der Waals surface area contributed by atoms with Crippen molar-refractivity contribution >= 4 is 23.6 Å². The molecule has 1 aliphatic heterocycles. The molecular formula is C18H26N2O3S. The predicted molar refractivity (Wildman–Crippen MR) is 97.0 cm³/mol. The average molecular weight is 350 g/mol. The van der Waals surface area contributed by atoms with Gasteiger partial charge in [-0.25, -0.2) is 0 Å². The zero-order valence-electron chi connectivity index (χ0n) is 14.2. The van der Waals surface area contributed by atoms with Crippen LogP contribution >= 0.6 is 11.8 Å². The van der Waals surface area contributed by atoms with E-state index in [1.807, 2.05) is 35.4 Å². The summed E-state index contributed by atoms with van der Waals surface area (Å²) in [5, 5.41) is 12.4. The Morgan fingerprint density at radius 3 is 2.50 bits per heavy atom. The van der Waals surface area contributed by atoms with Crippen molar-refractivity contribution in [2.75, 3.05) is 25.1 Å². The van der Waals surface area contributed by atoms with Gasteiger partial charge < -0.3 is 15.3 Å². The maximum Gasteiger partial charge on any atom is 0.253 e. The summed E-state index contributed by atoms with van der Waals surface area (Å²) < 4.78 is 0. The van der Waals surface area contributed by atoms with Gasteiger partial charge >= 0.3 is 0 Å². The number of piperidine rings is 1. The summed E-state index contributed by atoms with van der Waals surface area (Å²) in [5.74, 6) is 0.484. The van der Waals surface area contributed by atoms with Gasteiger partial charge in [-0.05, 0) is 55.4 Å². The molecule has 2 rings (SSSR count). The summed E-state index contributed by atoms with van der Waals surface area (Å²) >= 11 is 1.60. The summed E-state index contributed by atoms with van der Waals surface area (Å²) in [4.78, 5) is 26.1. The molecule has 6 heteroatoms. The maximum absolute atomic E-state index is 12.4. The molecule has 1 heterocycles. The lowest BCUT2D eigenvalue weighted by Crippen LogP contribution is -2.35. The lowest BCUT2D eigenvalue weighted by molar-refractivity contribution is -0.129. The van der Waals surface area contributed by atoms with Gasteiger partial charge in [0.15, 0.2) is 0 Å². The number of carbonyl (C=O) groups excluding carboxylic acids is 2. The molecule has 0 spiro atoms. The highest BCUT2D eigenvalue weighted by atomic mass is 32.2. The first-order chi connectivity index (χ1) is 11.6. The van der Waals surface area contributed by atoms with Gasteiger partial charge in [0.05, 0.1) is 0 Å². The lowest BCUT2D eigenvalue weighted by Gasteiger charge is -2.26. The molecular weight excluding hydrogens is 324 g/mol. The topological polar surface area (TPSA) is 69.6 Å². The fraction of sp³-hybridized carbons (Fsp3) is 0.556. The molecule has 1 aromatic carbocycles. The second kappa shape index (κ2) is 9.69. The van der Waals surface area contributed by atoms with Gasteiger partial charge in [-0.2, -0.15) is 11.8 Å². The van der Waals surface area contributed by atoms with Crippen molar-refractivity contribution in [2.24, 2.45) is 0 Å². The normalized spacial score (nSPS) is 15.8. The van der Waals surface area contributed by atoms with Gasteiger partial charge in [-0.3, -0.25) is 9.59 Å². The van der Waals surface area contributed by atoms with Crippen molar-refractivity contribution in [3.8, 4) is 0 Å². The number of likely N-dealkylation sites (tertiary alicyclic amines) is 1. The number of rotatable bonds is 7. The van der Waals surface area contributed by atoms with E-state index in [0.29, 0.717) is 18.5 Å². The van der Waals surface area contributed by atoms with Crippen LogP contribution in [0.15, 0.2) is 24.3 Å². The lowest BCUT2D eigenvalue weighted by atomic mass is 10.1. The molecule has 1 saturated heterocycles. The Morgan fingerprint density at radius 1 is 1.21 bits per heavy atom. The van der Waals surface area contributed by atoms with Crippen LogP contribution in [0.4, 0.5) is 0 Å². The molecule has 2 amide bonds. The van der Waals surface area contributed by atoms with E-state index in [4.69, 9.17) is 0 Å². The summed E-state index contributed by atoms with van der Waals surface area (Å²) in [6.45, 7) is 2.03. The zero-order valence-corrected chi connectivity index (χ0v) is 15.0. The fourth-order valence-corrected chi connectivity index (χ4v) is 3.17. The molecule has 0 aliphatic carbocycles. The monoisotopic (exact) mass is 350 g/mol. The van der Waals surface area contributed by atoms with Crippen molar-refractivity contribution in [3.63, 3.8) is 0 Å². The molecule has 0 radical (unpaired) electrons. The fourth-order valence-electron chi connectivity index (χ4n) is 2.71. The predicted octanol–water partition coefficient (Wildman–Crippen LogP) is 2.04. The van der Waals surface area contributed by atoms with E-state index < -0.39 is 6.10 Å². The minimum absolute atomic E-state index is 0.0813. The molecule has 0 bridgehead atoms. The Hall–Kier alpha value is -1.53. The second-order valence-corrected chi connectivity index (χ2v) is 7.05. The van der Waals surface area contributed by atoms with Crippen LogP contribution in [0, 0.1) is 0 Å². The largest absolute Gasteiger partial charge is 0.383 e. The van der Waals surface area contributed by atoms with Crippen LogP contribution in [-0.2, 0) is 11.3 Å². The number of carbonyl (C=O) groups is 2. The molecule has 1 unspecified atom stereocenters. The third-order valence-electron chi connectivity index (χ3n) is 4.21. The van der Waals surface area contributed by atoms with E-state index in [2.05, 4.69) is 5.32 Å². The van der Waals surface area contributed by atoms with Crippen molar-refractivity contribution in [1.82, 2.24) is 10.2 Å². The molecule has 1 aliphatic rings. The highest BCUT2D eigenvalue weighted by Gasteiger charge is 2.18. The van der Waals surface area contributed by atoms with E-state index in [1.165, 1.54) is 6.42 Å². The van der Waals surface area contributed by atoms with E-state index in [0.717, 1.165) is 37.2 Å². The van der Waals surface area contributed by atoms with Crippen molar-refractivity contribution in [2.45, 2.75) is 38.3 Å². The molecule has 1 atom stereocenters. The second-order valence-electron chi connectivity index (χ2n) is 6.06. The van der Waals surface area contributed by atoms with Crippen LogP contribution in [-0.4, -0.2) is 53.0 Å². The third-order valence-corrected chi connectivity index (χ3v) is 4.85. The number of aliphatic hydroxyl groups excluding tert-OH is 1. The van der Waals surface area contributed by atoms with Gasteiger partial charge in [0, 0.05) is 25.2 Å². The summed E-state index contributed by atoms with van der Waals surface area (Å²) in [6.07, 6.45) is 4.79. The van der Waals surface area contributed by atoms with Crippen LogP contribution in [0.5, 0.6) is 0 Å². The number of nitrogens with zero attached hydrogens (tertiary/aromatic N) is 1. The van der Waals surface area contributed by atoms with Gasteiger partial charge in [0.2, 0.25) is 5.91 Å². The summed E-state index contributed by atoms with van der Waals surface area (Å²) in [7, 11) is 0. The molecule has 1 fully saturated rings. The number of nitrogens with one attached hydrogen (secondary N) is 1. The molecule has 2 N–H and O–H groups in total. The van der Waals surface area contributed by atoms with Crippen LogP contribution in [0.3, 0.4) is 0 Å². The average Bonchev–Trinajstić information content (AvgIpc) is 2.64. The van der Waals surface area contributed by atoms with Crippen LogP contribution in [0.25, 0.3) is 0 Å². The molecule has 0 saturated carbocycles. The summed E-state index contributed by atoms with van der Waals surface area (Å²) in [5.41, 5.74) is 1.60. The van der Waals surface area contributed by atoms with Crippen LogP contribution in [0.1, 0.15) is 41.6 Å². The van der Waals surface area contributed by atoms with Crippen molar-refractivity contribution in [1.29, 1.82) is 0 Å². The number of hydrogen-bond acceptors (Lipinski definition) is 4. The molecule has 0 aromatic heterocycles. The number of aliphatic hydroxyl groups is 1. The van der Waals surface area contributed by atoms with E-state index >= 15 is 0 Å². The quantitative estimate of drug-likeness (QED) is 0.790. The Kier molecular flexibility index (Phi) is 7.59. The summed E-state index contributed by atoms with van der Waals surface area (Å²) in [6, 6.07) is 7.32. The van der Waals surface area contributed by atoms with Crippen LogP contribution < -0.4 is 5.32 Å². The Balaban J connectivity index is 1.83. The third kappa shape index (κ3) is 5.53. The maximum atomic E-state index is 12.4. The standard InChI is InChI=1S/C18H26N2O3S/c1-24-12-9-16(21)17(22)19-13-14-5-7-15(8-6-14)18(23)20-10-3-2-4-11-20/h5-8,16,21H,2-4,9-13H2,1H3,(H,19,22). The van der Waals surface area contributed by atoms with Crippen molar-refractivity contribution < 1.29 is 14.7 Å². The van der Waals surface area contributed by atoms with E-state index in [9.17, 15) is 14.7 Å². The first-order valence-electron chi connectivity index (χ1n) is 8.44. The number of benzene rings is 1. The molecule has 132 valence electrons. The first-order valence-corrected chi connectivity index (χ1v) is 9.84. The Morgan fingerprint density at radius 2 is 1.88 bits per heavy atom. The van der Waals surface area contributed by atoms with E-state index in [1.54, 1.807) is 11.8 Å². The highest BCUT2D eigenvalue weighted by molar-refractivity contribution is 7.98. The molecule has 24 heavy (non-hydrogen) atoms. The minimum Gasteiger partial charge on any atom is -0.383 e. The highest BCUT2D eigenvalue weighted by Crippen LogP contribution is 2.14. The SMILES string of the molecule is CSCCC(O)C(=O)NCc1ccc(C(=O)N2CCCCC2)cc1. The number of thioether (sulfide) groups is 1. The van der Waals surface area contributed by atoms with Gasteiger partial charge in [-0.15, -0.1) is 0 Å². The van der Waals surface area contributed by atoms with Crippen molar-refractivity contribution in [3.05, 3.63) is 35.4 Å². The number of amides is 2. The van der Waals surface area contributed by atoms with Gasteiger partial charge in [0.1, 0.15) is 6.10 Å².